The molecule has 0 bridgehead atoms. The minimum absolute atomic E-state index is 0.0413. The fraction of sp³-hybridized carbons (Fsp3) is 0.409. The van der Waals surface area contributed by atoms with Crippen LogP contribution >= 0.6 is 0 Å². The summed E-state index contributed by atoms with van der Waals surface area (Å²) in [7, 11) is -0.935. The van der Waals surface area contributed by atoms with Crippen LogP contribution in [0.3, 0.4) is 0 Å². The van der Waals surface area contributed by atoms with E-state index in [0.717, 1.165) is 16.8 Å². The number of hydrogen-bond donors (Lipinski definition) is 1. The van der Waals surface area contributed by atoms with E-state index in [9.17, 15) is 13.2 Å². The van der Waals surface area contributed by atoms with Crippen LogP contribution in [-0.4, -0.2) is 45.9 Å². The Labute approximate surface area is 178 Å². The topological polar surface area (TPSA) is 84.9 Å². The van der Waals surface area contributed by atoms with Gasteiger partial charge >= 0.3 is 0 Å². The van der Waals surface area contributed by atoms with Gasteiger partial charge in [0.05, 0.1) is 20.1 Å². The molecule has 0 saturated carbocycles. The lowest BCUT2D eigenvalue weighted by atomic mass is 9.98. The second-order valence-electron chi connectivity index (χ2n) is 7.51. The van der Waals surface area contributed by atoms with Crippen LogP contribution in [0.4, 0.5) is 5.69 Å². The largest absolute Gasteiger partial charge is 0.497 e. The van der Waals surface area contributed by atoms with Crippen LogP contribution in [-0.2, 0) is 14.8 Å². The van der Waals surface area contributed by atoms with E-state index in [1.165, 1.54) is 24.6 Å². The van der Waals surface area contributed by atoms with Crippen molar-refractivity contribution in [3.8, 4) is 11.5 Å². The number of ether oxygens (including phenoxy) is 2. The molecule has 30 heavy (non-hydrogen) atoms. The van der Waals surface area contributed by atoms with Crippen molar-refractivity contribution in [3.63, 3.8) is 0 Å². The lowest BCUT2D eigenvalue weighted by molar-refractivity contribution is -0.120. The Kier molecular flexibility index (Phi) is 6.67. The van der Waals surface area contributed by atoms with Crippen LogP contribution in [0.5, 0.6) is 11.5 Å². The minimum Gasteiger partial charge on any atom is -0.497 e. The molecular weight excluding hydrogens is 404 g/mol. The van der Waals surface area contributed by atoms with Gasteiger partial charge in [0.1, 0.15) is 16.4 Å². The molecule has 1 aliphatic rings. The number of carbonyl (C=O) groups is 1. The van der Waals surface area contributed by atoms with Gasteiger partial charge in [-0.25, -0.2) is 8.42 Å². The normalized spacial score (nSPS) is 17.4. The van der Waals surface area contributed by atoms with Gasteiger partial charge in [0, 0.05) is 24.8 Å². The molecule has 1 amide bonds. The monoisotopic (exact) mass is 432 g/mol. The van der Waals surface area contributed by atoms with E-state index in [2.05, 4.69) is 5.32 Å². The van der Waals surface area contributed by atoms with Gasteiger partial charge in [-0.1, -0.05) is 6.07 Å². The zero-order valence-electron chi connectivity index (χ0n) is 17.8. The molecule has 2 aromatic rings. The number of anilines is 1. The Hall–Kier alpha value is -2.58. The lowest BCUT2D eigenvalue weighted by Gasteiger charge is -2.31. The first-order chi connectivity index (χ1) is 14.3. The fourth-order valence-electron chi connectivity index (χ4n) is 3.56. The summed E-state index contributed by atoms with van der Waals surface area (Å²) in [6, 6.07) is 10.4. The van der Waals surface area contributed by atoms with Crippen molar-refractivity contribution < 1.29 is 22.7 Å². The number of benzene rings is 2. The average molecular weight is 433 g/mol. The summed E-state index contributed by atoms with van der Waals surface area (Å²) in [5.74, 6) is 0.0791. The summed E-state index contributed by atoms with van der Waals surface area (Å²) < 4.78 is 38.4. The van der Waals surface area contributed by atoms with Gasteiger partial charge in [0.25, 0.3) is 0 Å². The van der Waals surface area contributed by atoms with Crippen molar-refractivity contribution in [1.82, 2.24) is 4.31 Å². The van der Waals surface area contributed by atoms with Gasteiger partial charge in [-0.3, -0.25) is 4.79 Å². The maximum absolute atomic E-state index is 13.3. The second-order valence-corrected chi connectivity index (χ2v) is 9.41. The summed E-state index contributed by atoms with van der Waals surface area (Å²) in [6.45, 7) is 4.48. The number of amides is 1. The highest BCUT2D eigenvalue weighted by molar-refractivity contribution is 7.89. The van der Waals surface area contributed by atoms with Crippen LogP contribution < -0.4 is 14.8 Å². The Morgan fingerprint density at radius 1 is 1.07 bits per heavy atom. The Morgan fingerprint density at radius 3 is 2.50 bits per heavy atom. The molecule has 2 aromatic carbocycles. The highest BCUT2D eigenvalue weighted by Gasteiger charge is 2.35. The van der Waals surface area contributed by atoms with E-state index in [0.29, 0.717) is 25.1 Å². The zero-order chi connectivity index (χ0) is 21.9. The van der Waals surface area contributed by atoms with Gasteiger partial charge in [-0.05, 0) is 62.1 Å². The molecule has 7 nitrogen and oxygen atoms in total. The predicted molar refractivity (Wildman–Crippen MR) is 116 cm³/mol. The van der Waals surface area contributed by atoms with Gasteiger partial charge in [0.2, 0.25) is 15.9 Å². The molecule has 0 aliphatic carbocycles. The number of piperidine rings is 1. The SMILES string of the molecule is COc1ccc(OC)c(S(=O)(=O)N2CCCC(C(=O)Nc3ccc(C)c(C)c3)C2)c1. The van der Waals surface area contributed by atoms with E-state index >= 15 is 0 Å². The van der Waals surface area contributed by atoms with Gasteiger partial charge in [0.15, 0.2) is 0 Å². The Balaban J connectivity index is 1.79. The van der Waals surface area contributed by atoms with Gasteiger partial charge in [-0.15, -0.1) is 0 Å². The molecule has 1 N–H and O–H groups in total. The molecule has 1 saturated heterocycles. The van der Waals surface area contributed by atoms with Crippen LogP contribution in [0, 0.1) is 19.8 Å². The van der Waals surface area contributed by atoms with E-state index < -0.39 is 15.9 Å². The zero-order valence-corrected chi connectivity index (χ0v) is 18.6. The summed E-state index contributed by atoms with van der Waals surface area (Å²) >= 11 is 0. The third-order valence-electron chi connectivity index (χ3n) is 5.52. The minimum atomic E-state index is -3.84. The molecular formula is C22H28N2O5S. The van der Waals surface area contributed by atoms with E-state index in [1.807, 2.05) is 32.0 Å². The number of nitrogens with zero attached hydrogens (tertiary/aromatic N) is 1. The molecule has 1 heterocycles. The molecule has 1 unspecified atom stereocenters. The summed E-state index contributed by atoms with van der Waals surface area (Å²) in [5, 5.41) is 2.93. The van der Waals surface area contributed by atoms with E-state index in [-0.39, 0.29) is 23.1 Å². The molecule has 0 radical (unpaired) electrons. The van der Waals surface area contributed by atoms with Crippen LogP contribution in [0.2, 0.25) is 0 Å². The van der Waals surface area contributed by atoms with Crippen LogP contribution in [0.15, 0.2) is 41.3 Å². The number of methoxy groups -OCH3 is 2. The van der Waals surface area contributed by atoms with Crippen molar-refractivity contribution in [2.45, 2.75) is 31.6 Å². The third-order valence-corrected chi connectivity index (χ3v) is 7.40. The summed E-state index contributed by atoms with van der Waals surface area (Å²) in [4.78, 5) is 12.9. The quantitative estimate of drug-likeness (QED) is 0.757. The first kappa shape index (κ1) is 22.1. The number of carbonyl (C=O) groups excluding carboxylic acids is 1. The molecule has 162 valence electrons. The summed E-state index contributed by atoms with van der Waals surface area (Å²) in [6.07, 6.45) is 1.24. The highest BCUT2D eigenvalue weighted by Crippen LogP contribution is 2.33. The second kappa shape index (κ2) is 9.06. The maximum Gasteiger partial charge on any atom is 0.246 e. The van der Waals surface area contributed by atoms with E-state index in [1.54, 1.807) is 12.1 Å². The average Bonchev–Trinajstić information content (AvgIpc) is 2.75. The predicted octanol–water partition coefficient (Wildman–Crippen LogP) is 3.36. The molecule has 0 spiro atoms. The molecule has 1 atom stereocenters. The summed E-state index contributed by atoms with van der Waals surface area (Å²) in [5.41, 5.74) is 2.96. The van der Waals surface area contributed by atoms with Crippen molar-refractivity contribution in [2.24, 2.45) is 5.92 Å². The van der Waals surface area contributed by atoms with Crippen LogP contribution in [0.1, 0.15) is 24.0 Å². The first-order valence-corrected chi connectivity index (χ1v) is 11.3. The molecule has 1 fully saturated rings. The van der Waals surface area contributed by atoms with Crippen molar-refractivity contribution in [1.29, 1.82) is 0 Å². The third kappa shape index (κ3) is 4.60. The van der Waals surface area contributed by atoms with Gasteiger partial charge < -0.3 is 14.8 Å². The smallest absolute Gasteiger partial charge is 0.246 e. The van der Waals surface area contributed by atoms with Crippen molar-refractivity contribution in [2.75, 3.05) is 32.6 Å². The Bertz CT molecular complexity index is 1040. The number of aryl methyl sites for hydroxylation is 2. The maximum atomic E-state index is 13.3. The molecule has 1 aliphatic heterocycles. The fourth-order valence-corrected chi connectivity index (χ4v) is 5.26. The number of rotatable bonds is 6. The van der Waals surface area contributed by atoms with Crippen LogP contribution in [0.25, 0.3) is 0 Å². The molecule has 8 heteroatoms. The van der Waals surface area contributed by atoms with Crippen molar-refractivity contribution >= 4 is 21.6 Å². The standard InChI is InChI=1S/C22H28N2O5S/c1-15-7-8-18(12-16(15)2)23-22(25)17-6-5-11-24(14-17)30(26,27)21-13-19(28-3)9-10-20(21)29-4/h7-10,12-13,17H,5-6,11,14H2,1-4H3,(H,23,25). The highest BCUT2D eigenvalue weighted by atomic mass is 32.2. The van der Waals surface area contributed by atoms with Gasteiger partial charge in [-0.2, -0.15) is 4.31 Å². The first-order valence-electron chi connectivity index (χ1n) is 9.86. The van der Waals surface area contributed by atoms with E-state index in [4.69, 9.17) is 9.47 Å². The van der Waals surface area contributed by atoms with Crippen molar-refractivity contribution in [3.05, 3.63) is 47.5 Å². The number of hydrogen-bond acceptors (Lipinski definition) is 5. The number of nitrogens with one attached hydrogen (secondary N) is 1. The lowest BCUT2D eigenvalue weighted by Crippen LogP contribution is -2.43. The Morgan fingerprint density at radius 2 is 1.83 bits per heavy atom. The molecule has 3 rings (SSSR count). The number of sulfonamides is 1. The molecule has 0 aromatic heterocycles.